The molecule has 0 aliphatic carbocycles. The third-order valence-corrected chi connectivity index (χ3v) is 3.14. The molecule has 2 aromatic rings. The minimum atomic E-state index is 0.0365. The molecule has 0 saturated carbocycles. The van der Waals surface area contributed by atoms with Crippen LogP contribution in [0.15, 0.2) is 30.5 Å². The predicted molar refractivity (Wildman–Crippen MR) is 77.1 cm³/mol. The number of benzene rings is 1. The van der Waals surface area contributed by atoms with E-state index in [0.29, 0.717) is 10.8 Å². The van der Waals surface area contributed by atoms with Crippen LogP contribution in [0.25, 0.3) is 0 Å². The summed E-state index contributed by atoms with van der Waals surface area (Å²) < 4.78 is 5.12. The van der Waals surface area contributed by atoms with Gasteiger partial charge in [-0.3, -0.25) is 0 Å². The Balaban J connectivity index is 2.15. The lowest BCUT2D eigenvalue weighted by molar-refractivity contribution is 0.414. The summed E-state index contributed by atoms with van der Waals surface area (Å²) in [6, 6.07) is 7.80. The van der Waals surface area contributed by atoms with Gasteiger partial charge in [-0.05, 0) is 36.2 Å². The Morgan fingerprint density at radius 1 is 1.21 bits per heavy atom. The molecule has 0 radical (unpaired) electrons. The van der Waals surface area contributed by atoms with E-state index in [1.54, 1.807) is 7.11 Å². The maximum atomic E-state index is 6.01. The summed E-state index contributed by atoms with van der Waals surface area (Å²) in [5.41, 5.74) is 1.09. The third-order valence-electron chi connectivity index (χ3n) is 2.68. The standard InChI is InChI=1S/C13H13Cl2N3O/c1-8(9-3-5-10(19-2)6-4-9)17-12-11(14)7-16-13(15)18-12/h3-8H,1-2H3,(H,16,17,18)/t8-/m1/s1. The number of hydrogen-bond acceptors (Lipinski definition) is 4. The first-order valence-corrected chi connectivity index (χ1v) is 6.44. The number of ether oxygens (including phenoxy) is 1. The van der Waals surface area contributed by atoms with Gasteiger partial charge in [0, 0.05) is 6.04 Å². The zero-order chi connectivity index (χ0) is 13.8. The molecule has 1 aromatic heterocycles. The number of anilines is 1. The smallest absolute Gasteiger partial charge is 0.224 e. The molecule has 100 valence electrons. The van der Waals surface area contributed by atoms with Crippen LogP contribution >= 0.6 is 23.2 Å². The van der Waals surface area contributed by atoms with E-state index in [2.05, 4.69) is 15.3 Å². The van der Waals surface area contributed by atoms with Crippen molar-refractivity contribution < 1.29 is 4.74 Å². The molecule has 4 nitrogen and oxygen atoms in total. The highest BCUT2D eigenvalue weighted by Gasteiger charge is 2.10. The zero-order valence-electron chi connectivity index (χ0n) is 10.5. The molecule has 19 heavy (non-hydrogen) atoms. The van der Waals surface area contributed by atoms with Crippen LogP contribution in [0.4, 0.5) is 5.82 Å². The van der Waals surface area contributed by atoms with Crippen molar-refractivity contribution in [2.75, 3.05) is 12.4 Å². The maximum Gasteiger partial charge on any atom is 0.224 e. The largest absolute Gasteiger partial charge is 0.497 e. The first kappa shape index (κ1) is 13.9. The molecule has 0 unspecified atom stereocenters. The van der Waals surface area contributed by atoms with Gasteiger partial charge < -0.3 is 10.1 Å². The molecular formula is C13H13Cl2N3O. The second kappa shape index (κ2) is 6.08. The van der Waals surface area contributed by atoms with Gasteiger partial charge in [-0.15, -0.1) is 0 Å². The lowest BCUT2D eigenvalue weighted by atomic mass is 10.1. The van der Waals surface area contributed by atoms with E-state index in [9.17, 15) is 0 Å². The first-order valence-electron chi connectivity index (χ1n) is 5.68. The molecule has 0 saturated heterocycles. The zero-order valence-corrected chi connectivity index (χ0v) is 12.0. The van der Waals surface area contributed by atoms with Crippen molar-refractivity contribution in [1.82, 2.24) is 9.97 Å². The molecule has 2 rings (SSSR count). The van der Waals surface area contributed by atoms with Crippen LogP contribution in [0.2, 0.25) is 10.3 Å². The average Bonchev–Trinajstić information content (AvgIpc) is 2.43. The number of aromatic nitrogens is 2. The van der Waals surface area contributed by atoms with E-state index < -0.39 is 0 Å². The number of rotatable bonds is 4. The van der Waals surface area contributed by atoms with Gasteiger partial charge in [-0.25, -0.2) is 4.98 Å². The van der Waals surface area contributed by atoms with Crippen molar-refractivity contribution in [3.8, 4) is 5.75 Å². The van der Waals surface area contributed by atoms with E-state index in [-0.39, 0.29) is 11.3 Å². The Labute approximate surface area is 121 Å². The molecule has 0 aliphatic rings. The number of halogens is 2. The molecule has 1 aromatic carbocycles. The monoisotopic (exact) mass is 297 g/mol. The van der Waals surface area contributed by atoms with Crippen molar-refractivity contribution in [3.63, 3.8) is 0 Å². The molecule has 0 amide bonds. The van der Waals surface area contributed by atoms with Crippen molar-refractivity contribution >= 4 is 29.0 Å². The van der Waals surface area contributed by atoms with E-state index in [4.69, 9.17) is 27.9 Å². The Morgan fingerprint density at radius 3 is 2.53 bits per heavy atom. The van der Waals surface area contributed by atoms with Gasteiger partial charge in [0.1, 0.15) is 16.6 Å². The summed E-state index contributed by atoms with van der Waals surface area (Å²) in [7, 11) is 1.64. The summed E-state index contributed by atoms with van der Waals surface area (Å²) in [5.74, 6) is 1.34. The van der Waals surface area contributed by atoms with E-state index in [1.165, 1.54) is 6.20 Å². The molecule has 1 heterocycles. The number of methoxy groups -OCH3 is 1. The van der Waals surface area contributed by atoms with Crippen LogP contribution in [-0.4, -0.2) is 17.1 Å². The van der Waals surface area contributed by atoms with E-state index >= 15 is 0 Å². The number of nitrogens with zero attached hydrogens (tertiary/aromatic N) is 2. The molecule has 0 bridgehead atoms. The Hall–Kier alpha value is -1.52. The molecule has 0 spiro atoms. The fourth-order valence-electron chi connectivity index (χ4n) is 1.63. The fourth-order valence-corrected chi connectivity index (χ4v) is 1.91. The molecule has 1 N–H and O–H groups in total. The van der Waals surface area contributed by atoms with Crippen molar-refractivity contribution in [2.24, 2.45) is 0 Å². The predicted octanol–water partition coefficient (Wildman–Crippen LogP) is 3.97. The summed E-state index contributed by atoms with van der Waals surface area (Å²) in [6.45, 7) is 2.01. The van der Waals surface area contributed by atoms with Crippen molar-refractivity contribution in [1.29, 1.82) is 0 Å². The number of nitrogens with one attached hydrogen (secondary N) is 1. The van der Waals surface area contributed by atoms with Crippen LogP contribution in [-0.2, 0) is 0 Å². The van der Waals surface area contributed by atoms with Gasteiger partial charge in [-0.1, -0.05) is 23.7 Å². The minimum absolute atomic E-state index is 0.0365. The van der Waals surface area contributed by atoms with Crippen LogP contribution in [0.5, 0.6) is 5.75 Å². The summed E-state index contributed by atoms with van der Waals surface area (Å²) in [5, 5.41) is 3.79. The highest BCUT2D eigenvalue weighted by Crippen LogP contribution is 2.25. The Bertz CT molecular complexity index is 560. The van der Waals surface area contributed by atoms with Crippen molar-refractivity contribution in [3.05, 3.63) is 46.3 Å². The second-order valence-electron chi connectivity index (χ2n) is 3.97. The van der Waals surface area contributed by atoms with Gasteiger partial charge in [0.15, 0.2) is 0 Å². The maximum absolute atomic E-state index is 6.01. The lowest BCUT2D eigenvalue weighted by Crippen LogP contribution is -2.08. The van der Waals surface area contributed by atoms with Crippen LogP contribution in [0, 0.1) is 0 Å². The highest BCUT2D eigenvalue weighted by atomic mass is 35.5. The summed E-state index contributed by atoms with van der Waals surface area (Å²) in [4.78, 5) is 7.87. The summed E-state index contributed by atoms with van der Waals surface area (Å²) in [6.07, 6.45) is 1.47. The van der Waals surface area contributed by atoms with E-state index in [1.807, 2.05) is 31.2 Å². The molecule has 1 atom stereocenters. The lowest BCUT2D eigenvalue weighted by Gasteiger charge is -2.16. The third kappa shape index (κ3) is 3.49. The van der Waals surface area contributed by atoms with E-state index in [0.717, 1.165) is 11.3 Å². The minimum Gasteiger partial charge on any atom is -0.497 e. The summed E-state index contributed by atoms with van der Waals surface area (Å²) >= 11 is 11.8. The van der Waals surface area contributed by atoms with Crippen LogP contribution in [0.1, 0.15) is 18.5 Å². The normalized spacial score (nSPS) is 12.0. The highest BCUT2D eigenvalue weighted by molar-refractivity contribution is 6.33. The van der Waals surface area contributed by atoms with Crippen molar-refractivity contribution in [2.45, 2.75) is 13.0 Å². The SMILES string of the molecule is COc1ccc([C@@H](C)Nc2nc(Cl)ncc2Cl)cc1. The molecule has 6 heteroatoms. The van der Waals surface area contributed by atoms with Crippen LogP contribution < -0.4 is 10.1 Å². The fraction of sp³-hybridized carbons (Fsp3) is 0.231. The molecule has 0 fully saturated rings. The average molecular weight is 298 g/mol. The van der Waals surface area contributed by atoms with Gasteiger partial charge in [-0.2, -0.15) is 4.98 Å². The Kier molecular flexibility index (Phi) is 4.45. The topological polar surface area (TPSA) is 47.0 Å². The quantitative estimate of drug-likeness (QED) is 0.868. The van der Waals surface area contributed by atoms with Gasteiger partial charge in [0.25, 0.3) is 0 Å². The molecule has 0 aliphatic heterocycles. The number of hydrogen-bond donors (Lipinski definition) is 1. The van der Waals surface area contributed by atoms with Gasteiger partial charge >= 0.3 is 0 Å². The molecular weight excluding hydrogens is 285 g/mol. The van der Waals surface area contributed by atoms with Gasteiger partial charge in [0.2, 0.25) is 5.28 Å². The Morgan fingerprint density at radius 2 is 1.89 bits per heavy atom. The van der Waals surface area contributed by atoms with Gasteiger partial charge in [0.05, 0.1) is 13.3 Å². The second-order valence-corrected chi connectivity index (χ2v) is 4.72. The van der Waals surface area contributed by atoms with Crippen LogP contribution in [0.3, 0.4) is 0 Å². The first-order chi connectivity index (χ1) is 9.10.